The summed E-state index contributed by atoms with van der Waals surface area (Å²) in [4.78, 5) is 0. The average molecular weight is 284 g/mol. The monoisotopic (exact) mass is 282 g/mol. The van der Waals surface area contributed by atoms with E-state index in [1.807, 2.05) is 6.92 Å². The zero-order valence-electron chi connectivity index (χ0n) is 7.02. The quantitative estimate of drug-likeness (QED) is 0.807. The van der Waals surface area contributed by atoms with Gasteiger partial charge in [-0.2, -0.15) is 0 Å². The van der Waals surface area contributed by atoms with Gasteiger partial charge in [0.25, 0.3) is 0 Å². The molecule has 0 aliphatic rings. The van der Waals surface area contributed by atoms with Gasteiger partial charge in [0, 0.05) is 4.47 Å². The number of halogens is 3. The minimum atomic E-state index is -0.496. The topological polar surface area (TPSA) is 20.2 Å². The summed E-state index contributed by atoms with van der Waals surface area (Å²) in [6.45, 7) is 1.90. The largest absolute Gasteiger partial charge is 0.388 e. The third-order valence-electron chi connectivity index (χ3n) is 1.79. The average Bonchev–Trinajstić information content (AvgIpc) is 2.10. The number of rotatable bonds is 2. The normalized spacial score (nSPS) is 13.0. The summed E-state index contributed by atoms with van der Waals surface area (Å²) in [5, 5.41) is 10.5. The van der Waals surface area contributed by atoms with Crippen LogP contribution in [0.2, 0.25) is 10.0 Å². The second-order valence-electron chi connectivity index (χ2n) is 2.71. The summed E-state index contributed by atoms with van der Waals surface area (Å²) in [5.41, 5.74) is 0.775. The van der Waals surface area contributed by atoms with E-state index in [2.05, 4.69) is 15.9 Å². The maximum atomic E-state index is 9.59. The van der Waals surface area contributed by atoms with E-state index in [-0.39, 0.29) is 0 Å². The molecule has 1 rings (SSSR count). The summed E-state index contributed by atoms with van der Waals surface area (Å²) < 4.78 is 0.788. The Balaban J connectivity index is 3.15. The Bertz CT molecular complexity index is 315. The van der Waals surface area contributed by atoms with E-state index in [0.29, 0.717) is 16.5 Å². The van der Waals surface area contributed by atoms with E-state index >= 15 is 0 Å². The third kappa shape index (κ3) is 2.59. The zero-order valence-corrected chi connectivity index (χ0v) is 10.1. The Labute approximate surface area is 95.8 Å². The highest BCUT2D eigenvalue weighted by Crippen LogP contribution is 2.33. The molecule has 0 heterocycles. The molecular formula is C9H9BrCl2O. The fraction of sp³-hybridized carbons (Fsp3) is 0.333. The van der Waals surface area contributed by atoms with Crippen molar-refractivity contribution in [3.63, 3.8) is 0 Å². The van der Waals surface area contributed by atoms with Crippen molar-refractivity contribution >= 4 is 39.1 Å². The number of hydrogen-bond donors (Lipinski definition) is 1. The Kier molecular flexibility index (Phi) is 4.05. The predicted molar refractivity (Wildman–Crippen MR) is 59.4 cm³/mol. The van der Waals surface area contributed by atoms with Gasteiger partial charge < -0.3 is 5.11 Å². The van der Waals surface area contributed by atoms with Crippen LogP contribution in [0.5, 0.6) is 0 Å². The van der Waals surface area contributed by atoms with Crippen LogP contribution < -0.4 is 0 Å². The molecular weight excluding hydrogens is 275 g/mol. The first kappa shape index (κ1) is 11.3. The molecule has 0 aliphatic carbocycles. The van der Waals surface area contributed by atoms with Gasteiger partial charge in [-0.25, -0.2) is 0 Å². The van der Waals surface area contributed by atoms with Crippen LogP contribution in [0.25, 0.3) is 0 Å². The molecule has 13 heavy (non-hydrogen) atoms. The lowest BCUT2D eigenvalue weighted by Crippen LogP contribution is -1.96. The first-order chi connectivity index (χ1) is 6.06. The highest BCUT2D eigenvalue weighted by molar-refractivity contribution is 9.10. The maximum absolute atomic E-state index is 9.59. The van der Waals surface area contributed by atoms with Crippen LogP contribution in [0, 0.1) is 0 Å². The molecule has 1 aromatic rings. The third-order valence-corrected chi connectivity index (χ3v) is 3.19. The Morgan fingerprint density at radius 2 is 1.92 bits per heavy atom. The van der Waals surface area contributed by atoms with Crippen molar-refractivity contribution in [3.05, 3.63) is 32.2 Å². The molecule has 0 aromatic heterocycles. The van der Waals surface area contributed by atoms with Crippen molar-refractivity contribution in [2.24, 2.45) is 0 Å². The molecule has 1 N–H and O–H groups in total. The molecule has 0 saturated heterocycles. The van der Waals surface area contributed by atoms with Crippen LogP contribution in [-0.4, -0.2) is 5.11 Å². The molecule has 0 aliphatic heterocycles. The molecule has 0 fully saturated rings. The number of benzene rings is 1. The molecule has 0 saturated carbocycles. The van der Waals surface area contributed by atoms with Crippen molar-refractivity contribution in [1.82, 2.24) is 0 Å². The summed E-state index contributed by atoms with van der Waals surface area (Å²) in [6, 6.07) is 3.38. The van der Waals surface area contributed by atoms with Gasteiger partial charge in [-0.3, -0.25) is 0 Å². The zero-order chi connectivity index (χ0) is 10.0. The Morgan fingerprint density at radius 3 is 2.46 bits per heavy atom. The van der Waals surface area contributed by atoms with Gasteiger partial charge in [-0.1, -0.05) is 46.1 Å². The molecule has 72 valence electrons. The fourth-order valence-electron chi connectivity index (χ4n) is 1.01. The van der Waals surface area contributed by atoms with Crippen LogP contribution in [0.4, 0.5) is 0 Å². The van der Waals surface area contributed by atoms with Crippen LogP contribution in [0.3, 0.4) is 0 Å². The number of aliphatic hydroxyl groups is 1. The summed E-state index contributed by atoms with van der Waals surface area (Å²) in [6.07, 6.45) is 0.153. The summed E-state index contributed by atoms with van der Waals surface area (Å²) in [7, 11) is 0. The van der Waals surface area contributed by atoms with Crippen molar-refractivity contribution in [2.45, 2.75) is 19.4 Å². The van der Waals surface area contributed by atoms with Gasteiger partial charge in [-0.15, -0.1) is 0 Å². The van der Waals surface area contributed by atoms with Crippen LogP contribution in [0.15, 0.2) is 16.6 Å². The van der Waals surface area contributed by atoms with Gasteiger partial charge >= 0.3 is 0 Å². The highest BCUT2D eigenvalue weighted by Gasteiger charge is 2.11. The minimum absolute atomic E-state index is 0.465. The van der Waals surface area contributed by atoms with E-state index in [1.54, 1.807) is 12.1 Å². The molecule has 0 bridgehead atoms. The molecule has 0 amide bonds. The van der Waals surface area contributed by atoms with E-state index < -0.39 is 6.10 Å². The number of aliphatic hydroxyl groups excluding tert-OH is 1. The van der Waals surface area contributed by atoms with Crippen LogP contribution in [-0.2, 0) is 0 Å². The lowest BCUT2D eigenvalue weighted by Gasteiger charge is -2.11. The SMILES string of the molecule is CCC(O)c1cc(Cl)c(Cl)cc1Br. The fourth-order valence-corrected chi connectivity index (χ4v) is 2.09. The van der Waals surface area contributed by atoms with Crippen molar-refractivity contribution in [3.8, 4) is 0 Å². The highest BCUT2D eigenvalue weighted by atomic mass is 79.9. The smallest absolute Gasteiger partial charge is 0.0798 e. The standard InChI is InChI=1S/C9H9BrCl2O/c1-2-9(13)5-3-7(11)8(12)4-6(5)10/h3-4,9,13H,2H2,1H3. The summed E-state index contributed by atoms with van der Waals surface area (Å²) in [5.74, 6) is 0. The van der Waals surface area contributed by atoms with Gasteiger partial charge in [0.15, 0.2) is 0 Å². The van der Waals surface area contributed by atoms with E-state index in [0.717, 1.165) is 10.0 Å². The maximum Gasteiger partial charge on any atom is 0.0798 e. The van der Waals surface area contributed by atoms with Crippen LogP contribution in [0.1, 0.15) is 25.0 Å². The van der Waals surface area contributed by atoms with Crippen molar-refractivity contribution < 1.29 is 5.11 Å². The second-order valence-corrected chi connectivity index (χ2v) is 4.38. The molecule has 0 radical (unpaired) electrons. The molecule has 1 aromatic carbocycles. The molecule has 1 unspecified atom stereocenters. The van der Waals surface area contributed by atoms with Crippen molar-refractivity contribution in [2.75, 3.05) is 0 Å². The lowest BCUT2D eigenvalue weighted by atomic mass is 10.1. The van der Waals surface area contributed by atoms with E-state index in [1.165, 1.54) is 0 Å². The molecule has 0 spiro atoms. The molecule has 4 heteroatoms. The molecule has 1 atom stereocenters. The second kappa shape index (κ2) is 4.65. The van der Waals surface area contributed by atoms with E-state index in [4.69, 9.17) is 23.2 Å². The predicted octanol–water partition coefficient (Wildman–Crippen LogP) is 4.20. The Hall–Kier alpha value is 0.240. The van der Waals surface area contributed by atoms with Crippen molar-refractivity contribution in [1.29, 1.82) is 0 Å². The number of hydrogen-bond acceptors (Lipinski definition) is 1. The van der Waals surface area contributed by atoms with Gasteiger partial charge in [0.2, 0.25) is 0 Å². The lowest BCUT2D eigenvalue weighted by molar-refractivity contribution is 0.173. The van der Waals surface area contributed by atoms with Gasteiger partial charge in [-0.05, 0) is 24.1 Å². The summed E-state index contributed by atoms with van der Waals surface area (Å²) >= 11 is 14.9. The first-order valence-electron chi connectivity index (χ1n) is 3.88. The molecule has 1 nitrogen and oxygen atoms in total. The van der Waals surface area contributed by atoms with Crippen LogP contribution >= 0.6 is 39.1 Å². The van der Waals surface area contributed by atoms with Gasteiger partial charge in [0.05, 0.1) is 16.1 Å². The first-order valence-corrected chi connectivity index (χ1v) is 5.43. The minimum Gasteiger partial charge on any atom is -0.388 e. The Morgan fingerprint density at radius 1 is 1.38 bits per heavy atom. The van der Waals surface area contributed by atoms with Gasteiger partial charge in [0.1, 0.15) is 0 Å². The van der Waals surface area contributed by atoms with E-state index in [9.17, 15) is 5.11 Å².